The molecular weight excluding hydrogens is 370 g/mol. The van der Waals surface area contributed by atoms with E-state index in [4.69, 9.17) is 4.98 Å². The van der Waals surface area contributed by atoms with Gasteiger partial charge in [-0.15, -0.1) is 0 Å². The van der Waals surface area contributed by atoms with Crippen LogP contribution in [0.25, 0.3) is 0 Å². The lowest BCUT2D eigenvalue weighted by atomic mass is 9.72. The number of aliphatic hydroxyl groups is 1. The van der Waals surface area contributed by atoms with E-state index in [1.54, 1.807) is 0 Å². The van der Waals surface area contributed by atoms with Crippen molar-refractivity contribution in [2.45, 2.75) is 91.6 Å². The number of fused-ring (bicyclic) bond motifs is 1. The zero-order valence-electron chi connectivity index (χ0n) is 19.8. The summed E-state index contributed by atoms with van der Waals surface area (Å²) in [7, 11) is 0. The topological polar surface area (TPSA) is 50.2 Å². The third-order valence-corrected chi connectivity index (χ3v) is 6.51. The number of pyridine rings is 1. The molecule has 1 heterocycles. The Labute approximate surface area is 181 Å². The molecule has 1 N–H and O–H groups in total. The van der Waals surface area contributed by atoms with Gasteiger partial charge in [0.05, 0.1) is 12.0 Å². The molecule has 0 bridgehead atoms. The monoisotopic (exact) mass is 407 g/mol. The Hall–Kier alpha value is -2.00. The molecule has 0 fully saturated rings. The largest absolute Gasteiger partial charge is 0.388 e. The fourth-order valence-corrected chi connectivity index (χ4v) is 4.88. The van der Waals surface area contributed by atoms with Crippen molar-refractivity contribution in [1.82, 2.24) is 4.98 Å². The van der Waals surface area contributed by atoms with Gasteiger partial charge < -0.3 is 9.90 Å². The molecule has 1 aliphatic carbocycles. The number of nitrogens with zero attached hydrogens (tertiary/aromatic N) is 1. The SMILES string of the molecule is Cc1c2c(nc(C(C)C)c1[C@H](C=O)c1ccc(C(C)(C)C)cc1)CC(C)(C)CC2O. The first kappa shape index (κ1) is 22.7. The van der Waals surface area contributed by atoms with Crippen molar-refractivity contribution in [2.24, 2.45) is 5.41 Å². The standard InChI is InChI=1S/C27H37NO2/c1-16(2)25-23(17(3)24-21(28-25)13-27(7,8)14-22(24)30)20(15-29)18-9-11-19(12-10-18)26(4,5)6/h9-12,15-16,20,22,30H,13-14H2,1-8H3/t20-,22?/m1/s1. The van der Waals surface area contributed by atoms with Crippen molar-refractivity contribution in [3.05, 3.63) is 63.5 Å². The average Bonchev–Trinajstić information content (AvgIpc) is 2.61. The third kappa shape index (κ3) is 4.23. The lowest BCUT2D eigenvalue weighted by Gasteiger charge is -2.37. The second-order valence-electron chi connectivity index (χ2n) is 11.1. The summed E-state index contributed by atoms with van der Waals surface area (Å²) in [5, 5.41) is 11.0. The third-order valence-electron chi connectivity index (χ3n) is 6.51. The summed E-state index contributed by atoms with van der Waals surface area (Å²) in [5.41, 5.74) is 7.24. The number of carbonyl (C=O) groups is 1. The van der Waals surface area contributed by atoms with Crippen LogP contribution in [0.2, 0.25) is 0 Å². The normalized spacial score (nSPS) is 19.5. The highest BCUT2D eigenvalue weighted by Gasteiger charge is 2.36. The Kier molecular flexibility index (Phi) is 5.99. The van der Waals surface area contributed by atoms with Crippen LogP contribution in [-0.2, 0) is 16.6 Å². The highest BCUT2D eigenvalue weighted by atomic mass is 16.3. The van der Waals surface area contributed by atoms with Gasteiger partial charge in [-0.2, -0.15) is 0 Å². The second kappa shape index (κ2) is 7.92. The van der Waals surface area contributed by atoms with Gasteiger partial charge in [0.1, 0.15) is 6.29 Å². The van der Waals surface area contributed by atoms with Crippen molar-refractivity contribution < 1.29 is 9.90 Å². The fraction of sp³-hybridized carbons (Fsp3) is 0.556. The Balaban J connectivity index is 2.18. The van der Waals surface area contributed by atoms with Crippen LogP contribution in [-0.4, -0.2) is 16.4 Å². The van der Waals surface area contributed by atoms with E-state index >= 15 is 0 Å². The summed E-state index contributed by atoms with van der Waals surface area (Å²) >= 11 is 0. The molecule has 0 spiro atoms. The molecule has 30 heavy (non-hydrogen) atoms. The number of benzene rings is 1. The van der Waals surface area contributed by atoms with Crippen LogP contribution >= 0.6 is 0 Å². The van der Waals surface area contributed by atoms with Gasteiger partial charge in [0.2, 0.25) is 0 Å². The minimum absolute atomic E-state index is 0.0223. The maximum atomic E-state index is 12.4. The van der Waals surface area contributed by atoms with Gasteiger partial charge in [-0.1, -0.05) is 72.7 Å². The average molecular weight is 408 g/mol. The van der Waals surface area contributed by atoms with E-state index in [0.29, 0.717) is 0 Å². The Bertz CT molecular complexity index is 933. The van der Waals surface area contributed by atoms with Crippen LogP contribution < -0.4 is 0 Å². The summed E-state index contributed by atoms with van der Waals surface area (Å²) in [4.78, 5) is 17.4. The van der Waals surface area contributed by atoms with Crippen LogP contribution in [0.1, 0.15) is 112 Å². The van der Waals surface area contributed by atoms with Crippen molar-refractivity contribution in [3.63, 3.8) is 0 Å². The highest BCUT2D eigenvalue weighted by molar-refractivity contribution is 5.71. The summed E-state index contributed by atoms with van der Waals surface area (Å²) < 4.78 is 0. The predicted octanol–water partition coefficient (Wildman–Crippen LogP) is 6.15. The molecule has 2 atom stereocenters. The van der Waals surface area contributed by atoms with E-state index in [1.165, 1.54) is 5.56 Å². The summed E-state index contributed by atoms with van der Waals surface area (Å²) in [5.74, 6) is -0.182. The molecule has 0 saturated carbocycles. The van der Waals surface area contributed by atoms with E-state index in [1.807, 2.05) is 0 Å². The molecule has 0 saturated heterocycles. The molecule has 0 radical (unpaired) electrons. The number of hydrogen-bond donors (Lipinski definition) is 1. The molecule has 0 amide bonds. The number of aldehydes is 1. The maximum absolute atomic E-state index is 12.4. The van der Waals surface area contributed by atoms with E-state index in [-0.39, 0.29) is 22.7 Å². The number of carbonyl (C=O) groups excluding carboxylic acids is 1. The zero-order valence-corrected chi connectivity index (χ0v) is 19.8. The molecule has 3 nitrogen and oxygen atoms in total. The minimum Gasteiger partial charge on any atom is -0.388 e. The molecule has 2 aromatic rings. The second-order valence-corrected chi connectivity index (χ2v) is 11.1. The quantitative estimate of drug-likeness (QED) is 0.619. The van der Waals surface area contributed by atoms with Gasteiger partial charge in [-0.3, -0.25) is 4.98 Å². The lowest BCUT2D eigenvalue weighted by Crippen LogP contribution is -2.29. The van der Waals surface area contributed by atoms with Gasteiger partial charge in [-0.05, 0) is 58.8 Å². The van der Waals surface area contributed by atoms with Crippen LogP contribution in [0.15, 0.2) is 24.3 Å². The lowest BCUT2D eigenvalue weighted by molar-refractivity contribution is -0.108. The first-order valence-corrected chi connectivity index (χ1v) is 11.1. The van der Waals surface area contributed by atoms with E-state index in [2.05, 4.69) is 79.7 Å². The predicted molar refractivity (Wildman–Crippen MR) is 123 cm³/mol. The van der Waals surface area contributed by atoms with Crippen LogP contribution in [0.3, 0.4) is 0 Å². The van der Waals surface area contributed by atoms with Crippen molar-refractivity contribution in [2.75, 3.05) is 0 Å². The van der Waals surface area contributed by atoms with Crippen LogP contribution in [0.4, 0.5) is 0 Å². The van der Waals surface area contributed by atoms with E-state index in [9.17, 15) is 9.90 Å². The van der Waals surface area contributed by atoms with E-state index in [0.717, 1.165) is 52.8 Å². The first-order chi connectivity index (χ1) is 13.9. The molecule has 162 valence electrons. The van der Waals surface area contributed by atoms with Gasteiger partial charge in [0.25, 0.3) is 0 Å². The number of hydrogen-bond acceptors (Lipinski definition) is 3. The molecule has 3 rings (SSSR count). The number of aliphatic hydroxyl groups excluding tert-OH is 1. The van der Waals surface area contributed by atoms with Gasteiger partial charge >= 0.3 is 0 Å². The minimum atomic E-state index is -0.535. The summed E-state index contributed by atoms with van der Waals surface area (Å²) in [6.07, 6.45) is 2.07. The van der Waals surface area contributed by atoms with Crippen molar-refractivity contribution >= 4 is 6.29 Å². The highest BCUT2D eigenvalue weighted by Crippen LogP contribution is 2.44. The van der Waals surface area contributed by atoms with Gasteiger partial charge in [-0.25, -0.2) is 0 Å². The number of rotatable bonds is 4. The van der Waals surface area contributed by atoms with Crippen molar-refractivity contribution in [1.29, 1.82) is 0 Å². The Morgan fingerprint density at radius 2 is 1.77 bits per heavy atom. The smallest absolute Gasteiger partial charge is 0.131 e. The molecule has 3 heteroatoms. The summed E-state index contributed by atoms with van der Waals surface area (Å²) in [6, 6.07) is 8.39. The molecule has 1 aromatic carbocycles. The Morgan fingerprint density at radius 3 is 2.27 bits per heavy atom. The Morgan fingerprint density at radius 1 is 1.17 bits per heavy atom. The zero-order chi connectivity index (χ0) is 22.4. The van der Waals surface area contributed by atoms with Gasteiger partial charge in [0.15, 0.2) is 0 Å². The molecular formula is C27H37NO2. The number of aromatic nitrogens is 1. The van der Waals surface area contributed by atoms with Gasteiger partial charge in [0, 0.05) is 17.0 Å². The molecule has 1 aliphatic rings. The molecule has 1 aromatic heterocycles. The maximum Gasteiger partial charge on any atom is 0.131 e. The molecule has 0 aliphatic heterocycles. The first-order valence-electron chi connectivity index (χ1n) is 11.1. The molecule has 1 unspecified atom stereocenters. The van der Waals surface area contributed by atoms with Crippen LogP contribution in [0, 0.1) is 12.3 Å². The fourth-order valence-electron chi connectivity index (χ4n) is 4.88. The van der Waals surface area contributed by atoms with Crippen molar-refractivity contribution in [3.8, 4) is 0 Å². The van der Waals surface area contributed by atoms with Crippen LogP contribution in [0.5, 0.6) is 0 Å². The summed E-state index contributed by atoms with van der Waals surface area (Å²) in [6.45, 7) is 17.3. The van der Waals surface area contributed by atoms with E-state index < -0.39 is 6.10 Å².